The SMILES string of the molecule is Cc1nc(CN2CCC(CN=C(N)NCCc3ccccn3)CC2)cs1. The maximum atomic E-state index is 5.99. The number of guanidine groups is 1. The molecule has 0 spiro atoms. The lowest BCUT2D eigenvalue weighted by Crippen LogP contribution is -2.36. The zero-order chi connectivity index (χ0) is 18.2. The van der Waals surface area contributed by atoms with E-state index in [-0.39, 0.29) is 0 Å². The molecule has 0 aliphatic carbocycles. The first-order valence-electron chi connectivity index (χ1n) is 9.26. The van der Waals surface area contributed by atoms with Crippen molar-refractivity contribution >= 4 is 17.3 Å². The molecule has 0 unspecified atom stereocenters. The van der Waals surface area contributed by atoms with Gasteiger partial charge in [0.2, 0.25) is 0 Å². The van der Waals surface area contributed by atoms with Gasteiger partial charge in [-0.1, -0.05) is 6.07 Å². The maximum absolute atomic E-state index is 5.99. The van der Waals surface area contributed by atoms with E-state index in [1.807, 2.05) is 24.4 Å². The van der Waals surface area contributed by atoms with Gasteiger partial charge in [0.05, 0.1) is 10.7 Å². The predicted molar refractivity (Wildman–Crippen MR) is 107 cm³/mol. The Morgan fingerprint density at radius 2 is 2.19 bits per heavy atom. The first-order chi connectivity index (χ1) is 12.7. The highest BCUT2D eigenvalue weighted by molar-refractivity contribution is 7.09. The molecule has 1 aliphatic heterocycles. The van der Waals surface area contributed by atoms with Crippen LogP contribution in [0.5, 0.6) is 0 Å². The Morgan fingerprint density at radius 3 is 2.88 bits per heavy atom. The normalized spacial score (nSPS) is 16.7. The highest BCUT2D eigenvalue weighted by Gasteiger charge is 2.19. The van der Waals surface area contributed by atoms with Crippen molar-refractivity contribution in [3.8, 4) is 0 Å². The highest BCUT2D eigenvalue weighted by atomic mass is 32.1. The van der Waals surface area contributed by atoms with Crippen LogP contribution in [-0.2, 0) is 13.0 Å². The summed E-state index contributed by atoms with van der Waals surface area (Å²) in [5, 5.41) is 6.50. The van der Waals surface area contributed by atoms with Crippen LogP contribution in [0, 0.1) is 12.8 Å². The highest BCUT2D eigenvalue weighted by Crippen LogP contribution is 2.20. The summed E-state index contributed by atoms with van der Waals surface area (Å²) in [7, 11) is 0. The molecule has 0 aromatic carbocycles. The number of aromatic nitrogens is 2. The molecule has 0 amide bonds. The van der Waals surface area contributed by atoms with E-state index < -0.39 is 0 Å². The minimum Gasteiger partial charge on any atom is -0.370 e. The second-order valence-electron chi connectivity index (χ2n) is 6.80. The molecule has 6 nitrogen and oxygen atoms in total. The van der Waals surface area contributed by atoms with E-state index in [0.29, 0.717) is 11.9 Å². The second-order valence-corrected chi connectivity index (χ2v) is 7.86. The van der Waals surface area contributed by atoms with E-state index in [2.05, 4.69) is 37.5 Å². The third-order valence-electron chi connectivity index (χ3n) is 4.69. The van der Waals surface area contributed by atoms with Crippen LogP contribution in [0.2, 0.25) is 0 Å². The number of hydrogen-bond acceptors (Lipinski definition) is 5. The van der Waals surface area contributed by atoms with Crippen LogP contribution in [0.25, 0.3) is 0 Å². The van der Waals surface area contributed by atoms with Crippen molar-refractivity contribution in [2.45, 2.75) is 32.7 Å². The third-order valence-corrected chi connectivity index (χ3v) is 5.51. The summed E-state index contributed by atoms with van der Waals surface area (Å²) in [5.41, 5.74) is 8.25. The van der Waals surface area contributed by atoms with Crippen molar-refractivity contribution in [3.05, 3.63) is 46.2 Å². The molecule has 1 saturated heterocycles. The molecule has 140 valence electrons. The number of aryl methyl sites for hydroxylation is 1. The number of nitrogens with one attached hydrogen (secondary N) is 1. The zero-order valence-corrected chi connectivity index (χ0v) is 16.2. The summed E-state index contributed by atoms with van der Waals surface area (Å²) < 4.78 is 0. The summed E-state index contributed by atoms with van der Waals surface area (Å²) in [5.74, 6) is 1.17. The van der Waals surface area contributed by atoms with Crippen molar-refractivity contribution in [1.82, 2.24) is 20.2 Å². The van der Waals surface area contributed by atoms with Gasteiger partial charge in [0.1, 0.15) is 0 Å². The average Bonchev–Trinajstić information content (AvgIpc) is 3.07. The van der Waals surface area contributed by atoms with Gasteiger partial charge in [0.25, 0.3) is 0 Å². The van der Waals surface area contributed by atoms with Crippen LogP contribution < -0.4 is 11.1 Å². The topological polar surface area (TPSA) is 79.4 Å². The molecule has 0 atom stereocenters. The first kappa shape index (κ1) is 18.8. The van der Waals surface area contributed by atoms with Gasteiger partial charge in [-0.05, 0) is 50.9 Å². The van der Waals surface area contributed by atoms with Crippen LogP contribution in [0.3, 0.4) is 0 Å². The molecule has 2 aromatic heterocycles. The molecule has 0 radical (unpaired) electrons. The number of rotatable bonds is 7. The number of piperidine rings is 1. The van der Waals surface area contributed by atoms with Crippen molar-refractivity contribution in [2.75, 3.05) is 26.2 Å². The van der Waals surface area contributed by atoms with Gasteiger partial charge in [0, 0.05) is 43.3 Å². The van der Waals surface area contributed by atoms with Crippen molar-refractivity contribution in [3.63, 3.8) is 0 Å². The minimum atomic E-state index is 0.543. The van der Waals surface area contributed by atoms with Gasteiger partial charge in [0.15, 0.2) is 5.96 Å². The van der Waals surface area contributed by atoms with Crippen molar-refractivity contribution < 1.29 is 0 Å². The summed E-state index contributed by atoms with van der Waals surface area (Å²) in [6, 6.07) is 5.95. The zero-order valence-electron chi connectivity index (χ0n) is 15.4. The Hall–Kier alpha value is -1.99. The quantitative estimate of drug-likeness (QED) is 0.575. The minimum absolute atomic E-state index is 0.543. The molecule has 2 aromatic rings. The molecule has 7 heteroatoms. The van der Waals surface area contributed by atoms with E-state index in [1.54, 1.807) is 11.3 Å². The Bertz CT molecular complexity index is 691. The van der Waals surface area contributed by atoms with E-state index in [4.69, 9.17) is 5.73 Å². The Balaban J connectivity index is 1.32. The van der Waals surface area contributed by atoms with Gasteiger partial charge in [-0.2, -0.15) is 0 Å². The molecule has 1 fully saturated rings. The summed E-state index contributed by atoms with van der Waals surface area (Å²) in [6.07, 6.45) is 5.02. The predicted octanol–water partition coefficient (Wildman–Crippen LogP) is 2.21. The van der Waals surface area contributed by atoms with E-state index in [0.717, 1.165) is 49.8 Å². The molecular weight excluding hydrogens is 344 g/mol. The van der Waals surface area contributed by atoms with E-state index in [9.17, 15) is 0 Å². The fourth-order valence-electron chi connectivity index (χ4n) is 3.19. The van der Waals surface area contributed by atoms with Gasteiger partial charge in [-0.3, -0.25) is 14.9 Å². The number of likely N-dealkylation sites (tertiary alicyclic amines) is 1. The monoisotopic (exact) mass is 372 g/mol. The molecule has 1 aliphatic rings. The molecule has 0 saturated carbocycles. The van der Waals surface area contributed by atoms with Crippen LogP contribution in [0.4, 0.5) is 0 Å². The summed E-state index contributed by atoms with van der Waals surface area (Å²) >= 11 is 1.73. The molecule has 3 rings (SSSR count). The molecule has 0 bridgehead atoms. The fourth-order valence-corrected chi connectivity index (χ4v) is 3.79. The van der Waals surface area contributed by atoms with Gasteiger partial charge >= 0.3 is 0 Å². The number of pyridine rings is 1. The second kappa shape index (κ2) is 9.64. The maximum Gasteiger partial charge on any atom is 0.188 e. The van der Waals surface area contributed by atoms with Crippen LogP contribution in [0.1, 0.15) is 29.2 Å². The average molecular weight is 373 g/mol. The smallest absolute Gasteiger partial charge is 0.188 e. The van der Waals surface area contributed by atoms with Crippen LogP contribution in [-0.4, -0.2) is 47.0 Å². The Kier molecular flexibility index (Phi) is 6.96. The van der Waals surface area contributed by atoms with E-state index in [1.165, 1.54) is 18.5 Å². The van der Waals surface area contributed by atoms with Crippen LogP contribution >= 0.6 is 11.3 Å². The Morgan fingerprint density at radius 1 is 1.35 bits per heavy atom. The Labute approximate surface area is 159 Å². The number of nitrogens with zero attached hydrogens (tertiary/aromatic N) is 4. The van der Waals surface area contributed by atoms with Crippen LogP contribution in [0.15, 0.2) is 34.8 Å². The third kappa shape index (κ3) is 6.07. The molecule has 26 heavy (non-hydrogen) atoms. The number of aliphatic imine (C=N–C) groups is 1. The van der Waals surface area contributed by atoms with Gasteiger partial charge < -0.3 is 11.1 Å². The molecular formula is C19H28N6S. The standard InChI is InChI=1S/C19H28N6S/c1-15-24-18(14-26-15)13-25-10-6-16(7-11-25)12-23-19(20)22-9-5-17-4-2-3-8-21-17/h2-4,8,14,16H,5-7,9-13H2,1H3,(H3,20,22,23). The van der Waals surface area contributed by atoms with Crippen molar-refractivity contribution in [2.24, 2.45) is 16.6 Å². The lowest BCUT2D eigenvalue weighted by Gasteiger charge is -2.30. The lowest BCUT2D eigenvalue weighted by molar-refractivity contribution is 0.179. The van der Waals surface area contributed by atoms with Gasteiger partial charge in [-0.15, -0.1) is 11.3 Å². The lowest BCUT2D eigenvalue weighted by atomic mass is 9.97. The largest absolute Gasteiger partial charge is 0.370 e. The molecule has 3 N–H and O–H groups in total. The number of thiazole rings is 1. The number of nitrogens with two attached hydrogens (primary N) is 1. The molecule has 3 heterocycles. The first-order valence-corrected chi connectivity index (χ1v) is 10.1. The summed E-state index contributed by atoms with van der Waals surface area (Å²) in [6.45, 7) is 6.84. The summed E-state index contributed by atoms with van der Waals surface area (Å²) in [4.78, 5) is 15.9. The van der Waals surface area contributed by atoms with Gasteiger partial charge in [-0.25, -0.2) is 4.98 Å². The van der Waals surface area contributed by atoms with E-state index >= 15 is 0 Å². The van der Waals surface area contributed by atoms with Crippen molar-refractivity contribution in [1.29, 1.82) is 0 Å². The fraction of sp³-hybridized carbons (Fsp3) is 0.526. The number of hydrogen-bond donors (Lipinski definition) is 2.